The average molecular weight is 303 g/mol. The van der Waals surface area contributed by atoms with E-state index < -0.39 is 18.1 Å². The van der Waals surface area contributed by atoms with E-state index in [1.165, 1.54) is 5.56 Å². The van der Waals surface area contributed by atoms with Crippen LogP contribution in [0.4, 0.5) is 0 Å². The zero-order valence-electron chi connectivity index (χ0n) is 12.9. The van der Waals surface area contributed by atoms with Crippen molar-refractivity contribution < 1.29 is 19.4 Å². The van der Waals surface area contributed by atoms with Crippen molar-refractivity contribution in [1.82, 2.24) is 5.32 Å². The molecule has 1 saturated carbocycles. The van der Waals surface area contributed by atoms with Crippen LogP contribution in [-0.2, 0) is 16.0 Å². The molecule has 2 atom stereocenters. The Kier molecular flexibility index (Phi) is 3.81. The predicted octanol–water partition coefficient (Wildman–Crippen LogP) is 1.98. The first-order valence-corrected chi connectivity index (χ1v) is 7.74. The quantitative estimate of drug-likeness (QED) is 0.872. The van der Waals surface area contributed by atoms with E-state index in [1.807, 2.05) is 26.0 Å². The van der Waals surface area contributed by atoms with E-state index in [1.54, 1.807) is 0 Å². The van der Waals surface area contributed by atoms with E-state index >= 15 is 0 Å². The third-order valence-corrected chi connectivity index (χ3v) is 4.52. The lowest BCUT2D eigenvalue weighted by atomic mass is 10.0. The lowest BCUT2D eigenvalue weighted by Crippen LogP contribution is -2.47. The number of hydrogen-bond acceptors (Lipinski definition) is 3. The van der Waals surface area contributed by atoms with Crippen LogP contribution < -0.4 is 10.1 Å². The maximum absolute atomic E-state index is 12.3. The van der Waals surface area contributed by atoms with Crippen molar-refractivity contribution >= 4 is 11.9 Å². The number of carbonyl (C=O) groups is 2. The number of carbonyl (C=O) groups excluding carboxylic acids is 1. The Morgan fingerprint density at radius 3 is 2.64 bits per heavy atom. The third-order valence-electron chi connectivity index (χ3n) is 4.52. The van der Waals surface area contributed by atoms with Crippen LogP contribution in [0.2, 0.25) is 0 Å². The molecule has 0 radical (unpaired) electrons. The molecular formula is C17H21NO4. The highest BCUT2D eigenvalue weighted by molar-refractivity contribution is 5.87. The van der Waals surface area contributed by atoms with Crippen molar-refractivity contribution in [3.05, 3.63) is 28.8 Å². The van der Waals surface area contributed by atoms with Gasteiger partial charge in [-0.2, -0.15) is 0 Å². The molecule has 5 nitrogen and oxygen atoms in total. The van der Waals surface area contributed by atoms with Gasteiger partial charge in [-0.3, -0.25) is 4.79 Å². The predicted molar refractivity (Wildman–Crippen MR) is 80.9 cm³/mol. The summed E-state index contributed by atoms with van der Waals surface area (Å²) in [4.78, 5) is 23.6. The minimum Gasteiger partial charge on any atom is -0.480 e. The van der Waals surface area contributed by atoms with Crippen molar-refractivity contribution in [3.63, 3.8) is 0 Å². The average Bonchev–Trinajstić information content (AvgIpc) is 3.18. The topological polar surface area (TPSA) is 75.6 Å². The number of carboxylic acids is 1. The summed E-state index contributed by atoms with van der Waals surface area (Å²) in [6, 6.07) is 3.17. The first kappa shape index (κ1) is 14.9. The minimum atomic E-state index is -0.970. The van der Waals surface area contributed by atoms with E-state index in [2.05, 4.69) is 5.32 Å². The SMILES string of the molecule is Cc1cc2c(cc1C)OC(C(=O)NC(CC1CC1)C(=O)O)C2. The molecule has 2 unspecified atom stereocenters. The highest BCUT2D eigenvalue weighted by Gasteiger charge is 2.34. The van der Waals surface area contributed by atoms with Crippen LogP contribution in [0.5, 0.6) is 5.75 Å². The molecule has 0 aromatic heterocycles. The Morgan fingerprint density at radius 1 is 1.32 bits per heavy atom. The smallest absolute Gasteiger partial charge is 0.326 e. The lowest BCUT2D eigenvalue weighted by Gasteiger charge is -2.17. The molecule has 1 aliphatic carbocycles. The van der Waals surface area contributed by atoms with Gasteiger partial charge in [0.1, 0.15) is 11.8 Å². The molecule has 5 heteroatoms. The fraction of sp³-hybridized carbons (Fsp3) is 0.529. The molecule has 22 heavy (non-hydrogen) atoms. The normalized spacial score (nSPS) is 20.9. The number of rotatable bonds is 5. The van der Waals surface area contributed by atoms with Gasteiger partial charge in [-0.05, 0) is 48.9 Å². The van der Waals surface area contributed by atoms with Gasteiger partial charge in [-0.25, -0.2) is 4.79 Å². The number of aryl methyl sites for hydroxylation is 2. The molecular weight excluding hydrogens is 282 g/mol. The Bertz CT molecular complexity index is 590. The Labute approximate surface area is 129 Å². The third kappa shape index (κ3) is 3.08. The number of aliphatic carboxylic acids is 1. The van der Waals surface area contributed by atoms with E-state index in [4.69, 9.17) is 4.74 Å². The Morgan fingerprint density at radius 2 is 2.00 bits per heavy atom. The van der Waals surface area contributed by atoms with Crippen LogP contribution in [0.25, 0.3) is 0 Å². The van der Waals surface area contributed by atoms with Gasteiger partial charge in [-0.1, -0.05) is 18.9 Å². The maximum Gasteiger partial charge on any atom is 0.326 e. The number of amides is 1. The van der Waals surface area contributed by atoms with Crippen molar-refractivity contribution in [1.29, 1.82) is 0 Å². The summed E-state index contributed by atoms with van der Waals surface area (Å²) in [5, 5.41) is 11.9. The summed E-state index contributed by atoms with van der Waals surface area (Å²) >= 11 is 0. The summed E-state index contributed by atoms with van der Waals surface area (Å²) in [5.74, 6) is -0.132. The van der Waals surface area contributed by atoms with Crippen molar-refractivity contribution in [2.75, 3.05) is 0 Å². The van der Waals surface area contributed by atoms with Gasteiger partial charge in [0.05, 0.1) is 0 Å². The van der Waals surface area contributed by atoms with E-state index in [-0.39, 0.29) is 5.91 Å². The van der Waals surface area contributed by atoms with Gasteiger partial charge in [0.2, 0.25) is 0 Å². The van der Waals surface area contributed by atoms with Crippen LogP contribution >= 0.6 is 0 Å². The molecule has 3 rings (SSSR count). The van der Waals surface area contributed by atoms with Crippen molar-refractivity contribution in [3.8, 4) is 5.75 Å². The van der Waals surface area contributed by atoms with Gasteiger partial charge in [0.25, 0.3) is 5.91 Å². The van der Waals surface area contributed by atoms with Crippen LogP contribution in [0.3, 0.4) is 0 Å². The van der Waals surface area contributed by atoms with Gasteiger partial charge in [-0.15, -0.1) is 0 Å². The summed E-state index contributed by atoms with van der Waals surface area (Å²) < 4.78 is 5.70. The minimum absolute atomic E-state index is 0.334. The van der Waals surface area contributed by atoms with Crippen molar-refractivity contribution in [2.24, 2.45) is 5.92 Å². The number of ether oxygens (including phenoxy) is 1. The van der Waals surface area contributed by atoms with Crippen LogP contribution in [-0.4, -0.2) is 29.1 Å². The fourth-order valence-electron chi connectivity index (χ4n) is 2.83. The molecule has 1 amide bonds. The largest absolute Gasteiger partial charge is 0.480 e. The van der Waals surface area contributed by atoms with Gasteiger partial charge in [0, 0.05) is 6.42 Å². The van der Waals surface area contributed by atoms with E-state index in [0.717, 1.165) is 29.7 Å². The molecule has 1 aromatic carbocycles. The Balaban J connectivity index is 1.65. The molecule has 118 valence electrons. The van der Waals surface area contributed by atoms with Gasteiger partial charge in [0.15, 0.2) is 6.10 Å². The number of hydrogen-bond donors (Lipinski definition) is 2. The zero-order chi connectivity index (χ0) is 15.9. The summed E-state index contributed by atoms with van der Waals surface area (Å²) in [6.07, 6.45) is 2.50. The van der Waals surface area contributed by atoms with Gasteiger partial charge >= 0.3 is 5.97 Å². The zero-order valence-corrected chi connectivity index (χ0v) is 12.9. The van der Waals surface area contributed by atoms with Crippen molar-refractivity contribution in [2.45, 2.75) is 51.7 Å². The summed E-state index contributed by atoms with van der Waals surface area (Å²) in [7, 11) is 0. The first-order valence-electron chi connectivity index (χ1n) is 7.74. The summed E-state index contributed by atoms with van der Waals surface area (Å²) in [6.45, 7) is 4.03. The monoisotopic (exact) mass is 303 g/mol. The molecule has 1 fully saturated rings. The number of benzene rings is 1. The maximum atomic E-state index is 12.3. The molecule has 0 spiro atoms. The molecule has 1 aromatic rings. The standard InChI is InChI=1S/C17H21NO4/c1-9-5-12-8-15(22-14(12)6-10(9)2)16(19)18-13(17(20)21)7-11-3-4-11/h5-6,11,13,15H,3-4,7-8H2,1-2H3,(H,18,19)(H,20,21). The highest BCUT2D eigenvalue weighted by atomic mass is 16.5. The fourth-order valence-corrected chi connectivity index (χ4v) is 2.83. The number of fused-ring (bicyclic) bond motifs is 1. The molecule has 1 heterocycles. The second-order valence-corrected chi connectivity index (χ2v) is 6.43. The van der Waals surface area contributed by atoms with Crippen LogP contribution in [0.1, 0.15) is 36.0 Å². The first-order chi connectivity index (χ1) is 10.4. The molecule has 2 N–H and O–H groups in total. The molecule has 2 aliphatic rings. The summed E-state index contributed by atoms with van der Waals surface area (Å²) in [5.41, 5.74) is 3.30. The molecule has 0 saturated heterocycles. The highest BCUT2D eigenvalue weighted by Crippen LogP contribution is 2.34. The van der Waals surface area contributed by atoms with E-state index in [9.17, 15) is 14.7 Å². The van der Waals surface area contributed by atoms with Gasteiger partial charge < -0.3 is 15.2 Å². The van der Waals surface area contributed by atoms with Crippen LogP contribution in [0, 0.1) is 19.8 Å². The number of nitrogens with one attached hydrogen (secondary N) is 1. The molecule has 1 aliphatic heterocycles. The van der Waals surface area contributed by atoms with E-state index in [0.29, 0.717) is 18.8 Å². The van der Waals surface area contributed by atoms with Crippen LogP contribution in [0.15, 0.2) is 12.1 Å². The molecule has 0 bridgehead atoms. The lowest BCUT2D eigenvalue weighted by molar-refractivity contribution is -0.143. The Hall–Kier alpha value is -2.04. The second kappa shape index (κ2) is 5.63. The number of carboxylic acid groups (broad SMARTS) is 1. The second-order valence-electron chi connectivity index (χ2n) is 6.43.